The molecule has 1 fully saturated rings. The van der Waals surface area contributed by atoms with E-state index >= 15 is 0 Å². The van der Waals surface area contributed by atoms with Gasteiger partial charge in [-0.2, -0.15) is 5.26 Å². The SMILES string of the molecule is N#CCc1ccc(NC(=S)NC2CCCCC2)cc1. The molecule has 0 spiro atoms. The van der Waals surface area contributed by atoms with Gasteiger partial charge >= 0.3 is 0 Å². The van der Waals surface area contributed by atoms with Crippen LogP contribution >= 0.6 is 12.2 Å². The Labute approximate surface area is 120 Å². The molecule has 0 aliphatic heterocycles. The summed E-state index contributed by atoms with van der Waals surface area (Å²) in [5.74, 6) is 0. The van der Waals surface area contributed by atoms with Crippen LogP contribution in [0.3, 0.4) is 0 Å². The molecule has 0 amide bonds. The number of nitrogens with zero attached hydrogens (tertiary/aromatic N) is 1. The first-order valence-corrected chi connectivity index (χ1v) is 7.22. The van der Waals surface area contributed by atoms with E-state index in [4.69, 9.17) is 17.5 Å². The standard InChI is InChI=1S/C15H19N3S/c16-11-10-12-6-8-14(9-7-12)18-15(19)17-13-4-2-1-3-5-13/h6-9,13H,1-5,10H2,(H2,17,18,19). The number of nitriles is 1. The van der Waals surface area contributed by atoms with Crippen LogP contribution in [0.1, 0.15) is 37.7 Å². The van der Waals surface area contributed by atoms with Gasteiger partial charge in [0.15, 0.2) is 5.11 Å². The van der Waals surface area contributed by atoms with Crippen LogP contribution in [0.5, 0.6) is 0 Å². The molecule has 1 aromatic carbocycles. The van der Waals surface area contributed by atoms with Gasteiger partial charge in [0.25, 0.3) is 0 Å². The van der Waals surface area contributed by atoms with Crippen LogP contribution in [-0.2, 0) is 6.42 Å². The van der Waals surface area contributed by atoms with Crippen molar-refractivity contribution >= 4 is 23.0 Å². The third kappa shape index (κ3) is 4.53. The summed E-state index contributed by atoms with van der Waals surface area (Å²) in [7, 11) is 0. The van der Waals surface area contributed by atoms with E-state index in [1.807, 2.05) is 24.3 Å². The van der Waals surface area contributed by atoms with E-state index < -0.39 is 0 Å². The molecular formula is C15H19N3S. The van der Waals surface area contributed by atoms with E-state index in [-0.39, 0.29) is 0 Å². The average molecular weight is 273 g/mol. The van der Waals surface area contributed by atoms with E-state index in [1.165, 1.54) is 32.1 Å². The molecule has 2 rings (SSSR count). The van der Waals surface area contributed by atoms with Crippen molar-refractivity contribution in [2.24, 2.45) is 0 Å². The summed E-state index contributed by atoms with van der Waals surface area (Å²) >= 11 is 5.33. The summed E-state index contributed by atoms with van der Waals surface area (Å²) < 4.78 is 0. The lowest BCUT2D eigenvalue weighted by Gasteiger charge is -2.24. The van der Waals surface area contributed by atoms with Crippen LogP contribution in [0.15, 0.2) is 24.3 Å². The Morgan fingerprint density at radius 2 is 1.89 bits per heavy atom. The highest BCUT2D eigenvalue weighted by molar-refractivity contribution is 7.80. The smallest absolute Gasteiger partial charge is 0.170 e. The van der Waals surface area contributed by atoms with Crippen LogP contribution in [0, 0.1) is 11.3 Å². The molecule has 100 valence electrons. The van der Waals surface area contributed by atoms with Crippen molar-refractivity contribution in [3.63, 3.8) is 0 Å². The lowest BCUT2D eigenvalue weighted by Crippen LogP contribution is -2.38. The molecule has 0 unspecified atom stereocenters. The van der Waals surface area contributed by atoms with E-state index in [1.54, 1.807) is 0 Å². The van der Waals surface area contributed by atoms with Gasteiger partial charge < -0.3 is 10.6 Å². The first-order chi connectivity index (χ1) is 9.28. The van der Waals surface area contributed by atoms with Gasteiger partial charge in [-0.3, -0.25) is 0 Å². The molecule has 1 saturated carbocycles. The van der Waals surface area contributed by atoms with Gasteiger partial charge in [0.05, 0.1) is 12.5 Å². The van der Waals surface area contributed by atoms with Gasteiger partial charge in [0, 0.05) is 11.7 Å². The number of nitrogens with one attached hydrogen (secondary N) is 2. The van der Waals surface area contributed by atoms with Gasteiger partial charge in [-0.25, -0.2) is 0 Å². The van der Waals surface area contributed by atoms with Gasteiger partial charge in [-0.15, -0.1) is 0 Å². The molecule has 2 N–H and O–H groups in total. The minimum absolute atomic E-state index is 0.449. The number of benzene rings is 1. The topological polar surface area (TPSA) is 47.9 Å². The molecule has 0 saturated heterocycles. The van der Waals surface area contributed by atoms with E-state index in [9.17, 15) is 0 Å². The number of rotatable bonds is 3. The second kappa shape index (κ2) is 7.10. The minimum Gasteiger partial charge on any atom is -0.360 e. The summed E-state index contributed by atoms with van der Waals surface area (Å²) in [6, 6.07) is 10.5. The summed E-state index contributed by atoms with van der Waals surface area (Å²) in [5.41, 5.74) is 1.99. The first-order valence-electron chi connectivity index (χ1n) is 6.81. The third-order valence-electron chi connectivity index (χ3n) is 3.44. The fraction of sp³-hybridized carbons (Fsp3) is 0.467. The van der Waals surface area contributed by atoms with Crippen LogP contribution < -0.4 is 10.6 Å². The van der Waals surface area contributed by atoms with Crippen molar-refractivity contribution in [3.8, 4) is 6.07 Å². The van der Waals surface area contributed by atoms with Crippen LogP contribution in [0.4, 0.5) is 5.69 Å². The Hall–Kier alpha value is -1.60. The molecule has 1 aromatic rings. The zero-order valence-electron chi connectivity index (χ0n) is 11.0. The van der Waals surface area contributed by atoms with Crippen molar-refractivity contribution in [2.45, 2.75) is 44.6 Å². The molecule has 1 aliphatic carbocycles. The maximum absolute atomic E-state index is 8.62. The Kier molecular flexibility index (Phi) is 5.17. The Bertz CT molecular complexity index is 455. The molecule has 0 bridgehead atoms. The van der Waals surface area contributed by atoms with Gasteiger partial charge in [0.2, 0.25) is 0 Å². The maximum atomic E-state index is 8.62. The molecule has 4 heteroatoms. The number of hydrogen-bond donors (Lipinski definition) is 2. The van der Waals surface area contributed by atoms with Gasteiger partial charge in [0.1, 0.15) is 0 Å². The Balaban J connectivity index is 1.82. The molecule has 0 atom stereocenters. The molecule has 0 heterocycles. The molecule has 0 aromatic heterocycles. The molecule has 0 radical (unpaired) electrons. The number of anilines is 1. The Morgan fingerprint density at radius 3 is 2.53 bits per heavy atom. The fourth-order valence-electron chi connectivity index (χ4n) is 2.40. The minimum atomic E-state index is 0.449. The average Bonchev–Trinajstić information content (AvgIpc) is 2.42. The van der Waals surface area contributed by atoms with Crippen molar-refractivity contribution in [1.29, 1.82) is 5.26 Å². The van der Waals surface area contributed by atoms with Crippen LogP contribution in [0.2, 0.25) is 0 Å². The Morgan fingerprint density at radius 1 is 1.21 bits per heavy atom. The third-order valence-corrected chi connectivity index (χ3v) is 3.66. The molecular weight excluding hydrogens is 254 g/mol. The zero-order chi connectivity index (χ0) is 13.5. The highest BCUT2D eigenvalue weighted by atomic mass is 32.1. The molecule has 3 nitrogen and oxygen atoms in total. The fourth-order valence-corrected chi connectivity index (χ4v) is 2.68. The monoisotopic (exact) mass is 273 g/mol. The number of hydrogen-bond acceptors (Lipinski definition) is 2. The van der Waals surface area contributed by atoms with Gasteiger partial charge in [-0.1, -0.05) is 31.4 Å². The summed E-state index contributed by atoms with van der Waals surface area (Å²) in [5, 5.41) is 15.9. The lowest BCUT2D eigenvalue weighted by atomic mass is 9.96. The quantitative estimate of drug-likeness (QED) is 0.829. The summed E-state index contributed by atoms with van der Waals surface area (Å²) in [4.78, 5) is 0. The van der Waals surface area contributed by atoms with Crippen molar-refractivity contribution in [1.82, 2.24) is 5.32 Å². The number of thiocarbonyl (C=S) groups is 1. The highest BCUT2D eigenvalue weighted by Crippen LogP contribution is 2.17. The summed E-state index contributed by atoms with van der Waals surface area (Å²) in [6.45, 7) is 0. The van der Waals surface area contributed by atoms with Crippen LogP contribution in [-0.4, -0.2) is 11.2 Å². The van der Waals surface area contributed by atoms with Crippen molar-refractivity contribution in [2.75, 3.05) is 5.32 Å². The maximum Gasteiger partial charge on any atom is 0.170 e. The lowest BCUT2D eigenvalue weighted by molar-refractivity contribution is 0.415. The van der Waals surface area contributed by atoms with E-state index in [2.05, 4.69) is 16.7 Å². The highest BCUT2D eigenvalue weighted by Gasteiger charge is 2.13. The van der Waals surface area contributed by atoms with Gasteiger partial charge in [-0.05, 0) is 42.8 Å². The van der Waals surface area contributed by atoms with Crippen LogP contribution in [0.25, 0.3) is 0 Å². The zero-order valence-corrected chi connectivity index (χ0v) is 11.8. The second-order valence-corrected chi connectivity index (χ2v) is 5.37. The van der Waals surface area contributed by atoms with E-state index in [0.29, 0.717) is 17.6 Å². The largest absolute Gasteiger partial charge is 0.360 e. The first kappa shape index (κ1) is 13.8. The predicted molar refractivity (Wildman–Crippen MR) is 82.0 cm³/mol. The van der Waals surface area contributed by atoms with Crippen molar-refractivity contribution < 1.29 is 0 Å². The molecule has 1 aliphatic rings. The normalized spacial score (nSPS) is 15.5. The molecule has 19 heavy (non-hydrogen) atoms. The predicted octanol–water partition coefficient (Wildman–Crippen LogP) is 3.37. The van der Waals surface area contributed by atoms with Crippen molar-refractivity contribution in [3.05, 3.63) is 29.8 Å². The summed E-state index contributed by atoms with van der Waals surface area (Å²) in [6.07, 6.45) is 6.81. The van der Waals surface area contributed by atoms with E-state index in [0.717, 1.165) is 11.3 Å². The second-order valence-electron chi connectivity index (χ2n) is 4.97.